The maximum absolute atomic E-state index is 12.7. The summed E-state index contributed by atoms with van der Waals surface area (Å²) in [5, 5.41) is 0.945. The van der Waals surface area contributed by atoms with Gasteiger partial charge in [0.1, 0.15) is 19.0 Å². The van der Waals surface area contributed by atoms with Crippen LogP contribution < -0.4 is 15.2 Å². The zero-order chi connectivity index (χ0) is 21.3. The summed E-state index contributed by atoms with van der Waals surface area (Å²) >= 11 is 12.2. The Bertz CT molecular complexity index is 807. The second-order valence-electron chi connectivity index (χ2n) is 7.41. The first kappa shape index (κ1) is 25.6. The highest BCUT2D eigenvalue weighted by atomic mass is 35.5. The number of carbonyl (C=O) groups excluding carboxylic acids is 1. The lowest BCUT2D eigenvalue weighted by atomic mass is 9.97. The van der Waals surface area contributed by atoms with Gasteiger partial charge < -0.3 is 20.1 Å². The van der Waals surface area contributed by atoms with E-state index < -0.39 is 0 Å². The fourth-order valence-electron chi connectivity index (χ4n) is 3.57. The molecule has 0 aromatic heterocycles. The minimum atomic E-state index is -0.177. The third-order valence-corrected chi connectivity index (χ3v) is 5.82. The van der Waals surface area contributed by atoms with E-state index in [9.17, 15) is 4.79 Å². The standard InChI is InChI=1S/C23H28Cl2N2O3.ClH/c24-20-5-4-6-21(25)22(20)30-14-13-29-19-9-7-17(8-10-19)15-18(16-26)23(28)27-11-2-1-3-12-27;/h4-10,18H,1-3,11-16,26H2;1H. The Morgan fingerprint density at radius 1 is 0.968 bits per heavy atom. The van der Waals surface area contributed by atoms with Gasteiger partial charge in [-0.1, -0.05) is 41.4 Å². The van der Waals surface area contributed by atoms with Gasteiger partial charge in [0, 0.05) is 19.6 Å². The summed E-state index contributed by atoms with van der Waals surface area (Å²) in [6.45, 7) is 2.74. The maximum atomic E-state index is 12.7. The van der Waals surface area contributed by atoms with E-state index in [-0.39, 0.29) is 24.2 Å². The Labute approximate surface area is 200 Å². The van der Waals surface area contributed by atoms with Gasteiger partial charge in [0.15, 0.2) is 5.75 Å². The fourth-order valence-corrected chi connectivity index (χ4v) is 4.08. The van der Waals surface area contributed by atoms with Crippen LogP contribution in [0.15, 0.2) is 42.5 Å². The molecule has 2 N–H and O–H groups in total. The quantitative estimate of drug-likeness (QED) is 0.505. The summed E-state index contributed by atoms with van der Waals surface area (Å²) in [5.74, 6) is 1.20. The number of piperidine rings is 1. The average Bonchev–Trinajstić information content (AvgIpc) is 2.77. The van der Waals surface area contributed by atoms with Crippen LogP contribution in [0, 0.1) is 5.92 Å². The van der Waals surface area contributed by atoms with Crippen molar-refractivity contribution < 1.29 is 14.3 Å². The van der Waals surface area contributed by atoms with Crippen molar-refractivity contribution in [3.63, 3.8) is 0 Å². The first-order valence-electron chi connectivity index (χ1n) is 10.4. The second kappa shape index (κ2) is 13.0. The largest absolute Gasteiger partial charge is 0.490 e. The van der Waals surface area contributed by atoms with Gasteiger partial charge in [-0.05, 0) is 55.5 Å². The summed E-state index contributed by atoms with van der Waals surface area (Å²) in [5.41, 5.74) is 6.97. The van der Waals surface area contributed by atoms with E-state index >= 15 is 0 Å². The van der Waals surface area contributed by atoms with Crippen molar-refractivity contribution in [1.82, 2.24) is 4.90 Å². The normalized spacial score (nSPS) is 14.5. The highest BCUT2D eigenvalue weighted by molar-refractivity contribution is 6.37. The summed E-state index contributed by atoms with van der Waals surface area (Å²) in [4.78, 5) is 14.7. The molecule has 0 spiro atoms. The number of rotatable bonds is 9. The Morgan fingerprint density at radius 3 is 2.19 bits per heavy atom. The highest BCUT2D eigenvalue weighted by Crippen LogP contribution is 2.32. The number of carbonyl (C=O) groups is 1. The van der Waals surface area contributed by atoms with E-state index in [0.717, 1.165) is 37.2 Å². The van der Waals surface area contributed by atoms with Crippen LogP contribution in [0.3, 0.4) is 0 Å². The monoisotopic (exact) mass is 486 g/mol. The van der Waals surface area contributed by atoms with E-state index in [2.05, 4.69) is 0 Å². The fraction of sp³-hybridized carbons (Fsp3) is 0.435. The lowest BCUT2D eigenvalue weighted by Crippen LogP contribution is -2.42. The minimum absolute atomic E-state index is 0. The number of halogens is 3. The highest BCUT2D eigenvalue weighted by Gasteiger charge is 2.24. The number of likely N-dealkylation sites (tertiary alicyclic amines) is 1. The number of amides is 1. The number of ether oxygens (including phenoxy) is 2. The summed E-state index contributed by atoms with van der Waals surface area (Å²) in [6.07, 6.45) is 4.01. The first-order valence-corrected chi connectivity index (χ1v) is 11.1. The van der Waals surface area contributed by atoms with Gasteiger partial charge in [0.05, 0.1) is 16.0 Å². The number of hydrogen-bond donors (Lipinski definition) is 1. The first-order chi connectivity index (χ1) is 14.6. The van der Waals surface area contributed by atoms with Crippen LogP contribution in [0.25, 0.3) is 0 Å². The van der Waals surface area contributed by atoms with Crippen LogP contribution >= 0.6 is 35.6 Å². The zero-order valence-corrected chi connectivity index (χ0v) is 19.7. The minimum Gasteiger partial charge on any atom is -0.490 e. The van der Waals surface area contributed by atoms with Crippen molar-refractivity contribution in [2.45, 2.75) is 25.7 Å². The van der Waals surface area contributed by atoms with Gasteiger partial charge in [-0.15, -0.1) is 12.4 Å². The Hall–Kier alpha value is -1.66. The summed E-state index contributed by atoms with van der Waals surface area (Å²) in [7, 11) is 0. The smallest absolute Gasteiger partial charge is 0.227 e. The topological polar surface area (TPSA) is 64.8 Å². The molecule has 170 valence electrons. The molecule has 0 saturated carbocycles. The van der Waals surface area contributed by atoms with Crippen molar-refractivity contribution in [2.24, 2.45) is 11.7 Å². The molecule has 0 aliphatic carbocycles. The molecule has 1 heterocycles. The predicted molar refractivity (Wildman–Crippen MR) is 128 cm³/mol. The third kappa shape index (κ3) is 7.46. The van der Waals surface area contributed by atoms with Crippen LogP contribution in [0.2, 0.25) is 10.0 Å². The molecule has 3 rings (SSSR count). The van der Waals surface area contributed by atoms with Crippen molar-refractivity contribution in [3.8, 4) is 11.5 Å². The van der Waals surface area contributed by atoms with Crippen LogP contribution in [0.5, 0.6) is 11.5 Å². The van der Waals surface area contributed by atoms with Crippen molar-refractivity contribution in [2.75, 3.05) is 32.8 Å². The van der Waals surface area contributed by atoms with Gasteiger partial charge in [-0.2, -0.15) is 0 Å². The number of para-hydroxylation sites is 1. The molecule has 1 saturated heterocycles. The third-order valence-electron chi connectivity index (χ3n) is 5.22. The van der Waals surface area contributed by atoms with Gasteiger partial charge in [-0.25, -0.2) is 0 Å². The molecule has 2 aromatic carbocycles. The van der Waals surface area contributed by atoms with E-state index in [1.165, 1.54) is 6.42 Å². The molecular weight excluding hydrogens is 459 g/mol. The van der Waals surface area contributed by atoms with Gasteiger partial charge in [-0.3, -0.25) is 4.79 Å². The molecule has 1 aliphatic heterocycles. The van der Waals surface area contributed by atoms with Crippen molar-refractivity contribution in [3.05, 3.63) is 58.1 Å². The van der Waals surface area contributed by atoms with Crippen LogP contribution in [-0.2, 0) is 11.2 Å². The lowest BCUT2D eigenvalue weighted by molar-refractivity contribution is -0.136. The summed E-state index contributed by atoms with van der Waals surface area (Å²) < 4.78 is 11.3. The molecule has 1 amide bonds. The molecule has 8 heteroatoms. The molecule has 1 atom stereocenters. The Balaban J connectivity index is 0.00000341. The van der Waals surface area contributed by atoms with Crippen LogP contribution in [0.4, 0.5) is 0 Å². The molecule has 5 nitrogen and oxygen atoms in total. The van der Waals surface area contributed by atoms with E-state index in [4.69, 9.17) is 38.4 Å². The van der Waals surface area contributed by atoms with Crippen LogP contribution in [0.1, 0.15) is 24.8 Å². The molecular formula is C23H29Cl3N2O3. The molecule has 2 aromatic rings. The van der Waals surface area contributed by atoms with Gasteiger partial charge in [0.2, 0.25) is 5.91 Å². The maximum Gasteiger partial charge on any atom is 0.227 e. The molecule has 31 heavy (non-hydrogen) atoms. The number of nitrogens with two attached hydrogens (primary N) is 1. The lowest BCUT2D eigenvalue weighted by Gasteiger charge is -2.30. The second-order valence-corrected chi connectivity index (χ2v) is 8.23. The average molecular weight is 488 g/mol. The van der Waals surface area contributed by atoms with Crippen molar-refractivity contribution >= 4 is 41.5 Å². The molecule has 1 unspecified atom stereocenters. The number of benzene rings is 2. The predicted octanol–water partition coefficient (Wildman–Crippen LogP) is 5.00. The van der Waals surface area contributed by atoms with E-state index in [1.807, 2.05) is 29.2 Å². The van der Waals surface area contributed by atoms with Crippen molar-refractivity contribution in [1.29, 1.82) is 0 Å². The van der Waals surface area contributed by atoms with E-state index in [0.29, 0.717) is 42.0 Å². The van der Waals surface area contributed by atoms with Gasteiger partial charge >= 0.3 is 0 Å². The SMILES string of the molecule is Cl.NCC(Cc1ccc(OCCOc2c(Cl)cccc2Cl)cc1)C(=O)N1CCCCC1. The zero-order valence-electron chi connectivity index (χ0n) is 17.4. The molecule has 0 radical (unpaired) electrons. The Morgan fingerprint density at radius 2 is 1.58 bits per heavy atom. The molecule has 0 bridgehead atoms. The molecule has 1 fully saturated rings. The van der Waals surface area contributed by atoms with Gasteiger partial charge in [0.25, 0.3) is 0 Å². The summed E-state index contributed by atoms with van der Waals surface area (Å²) in [6, 6.07) is 13.0. The number of hydrogen-bond acceptors (Lipinski definition) is 4. The Kier molecular flexibility index (Phi) is 10.7. The van der Waals surface area contributed by atoms with E-state index in [1.54, 1.807) is 18.2 Å². The number of nitrogens with zero attached hydrogens (tertiary/aromatic N) is 1. The molecule has 1 aliphatic rings. The van der Waals surface area contributed by atoms with Crippen LogP contribution in [-0.4, -0.2) is 43.7 Å².